The molecule has 0 aliphatic heterocycles. The van der Waals surface area contributed by atoms with Crippen LogP contribution < -0.4 is 5.73 Å². The van der Waals surface area contributed by atoms with Gasteiger partial charge in [0.2, 0.25) is 0 Å². The predicted molar refractivity (Wildman–Crippen MR) is 58.2 cm³/mol. The smallest absolute Gasteiger partial charge is 0.137 e. The van der Waals surface area contributed by atoms with Gasteiger partial charge in [-0.25, -0.2) is 4.39 Å². The molecule has 0 unspecified atom stereocenters. The minimum atomic E-state index is -1.20. The van der Waals surface area contributed by atoms with Crippen LogP contribution >= 0.6 is 0 Å². The Bertz CT molecular complexity index is 326. The number of pyridine rings is 1. The highest BCUT2D eigenvalue weighted by Crippen LogP contribution is 2.39. The van der Waals surface area contributed by atoms with Gasteiger partial charge < -0.3 is 5.73 Å². The maximum atomic E-state index is 14.5. The van der Waals surface area contributed by atoms with Gasteiger partial charge >= 0.3 is 0 Å². The number of halogens is 1. The number of rotatable bonds is 1. The van der Waals surface area contributed by atoms with Crippen LogP contribution in [-0.2, 0) is 5.67 Å². The first-order valence-corrected chi connectivity index (χ1v) is 5.48. The molecular formula is C12H17FN2. The quantitative estimate of drug-likeness (QED) is 0.770. The zero-order chi connectivity index (χ0) is 10.9. The van der Waals surface area contributed by atoms with Gasteiger partial charge in [0.05, 0.1) is 0 Å². The van der Waals surface area contributed by atoms with Gasteiger partial charge in [-0.3, -0.25) is 4.98 Å². The highest BCUT2D eigenvalue weighted by atomic mass is 19.1. The summed E-state index contributed by atoms with van der Waals surface area (Å²) in [6, 6.07) is 3.89. The number of hydrogen-bond donors (Lipinski definition) is 1. The molecule has 1 saturated carbocycles. The summed E-state index contributed by atoms with van der Waals surface area (Å²) in [5, 5.41) is 0. The summed E-state index contributed by atoms with van der Waals surface area (Å²) in [6.07, 6.45) is 4.25. The Balaban J connectivity index is 2.18. The molecule has 1 heterocycles. The van der Waals surface area contributed by atoms with Gasteiger partial charge in [0.1, 0.15) is 5.67 Å². The number of nitrogens with two attached hydrogens (primary N) is 1. The molecule has 0 bridgehead atoms. The van der Waals surface area contributed by atoms with Crippen LogP contribution in [0.2, 0.25) is 0 Å². The summed E-state index contributed by atoms with van der Waals surface area (Å²) in [5.41, 5.74) is 6.21. The zero-order valence-electron chi connectivity index (χ0n) is 9.04. The molecule has 82 valence electrons. The molecule has 0 saturated heterocycles. The van der Waals surface area contributed by atoms with E-state index in [1.165, 1.54) is 0 Å². The molecular weight excluding hydrogens is 191 g/mol. The van der Waals surface area contributed by atoms with Gasteiger partial charge in [0.15, 0.2) is 0 Å². The average molecular weight is 208 g/mol. The predicted octanol–water partition coefficient (Wildman–Crippen LogP) is 2.46. The monoisotopic (exact) mass is 208 g/mol. The standard InChI is InChI=1S/C12H17FN2/c1-9-2-3-10(8-15-9)12(13)6-4-11(14)5-7-12/h2-3,8,11H,4-7,14H2,1H3. The summed E-state index contributed by atoms with van der Waals surface area (Å²) in [5.74, 6) is 0. The van der Waals surface area contributed by atoms with E-state index in [2.05, 4.69) is 4.98 Å². The number of aryl methyl sites for hydroxylation is 1. The summed E-state index contributed by atoms with van der Waals surface area (Å²) in [7, 11) is 0. The van der Waals surface area contributed by atoms with Crippen molar-refractivity contribution in [2.45, 2.75) is 44.3 Å². The second-order valence-corrected chi connectivity index (χ2v) is 4.49. The van der Waals surface area contributed by atoms with Crippen LogP contribution in [0.25, 0.3) is 0 Å². The Morgan fingerprint density at radius 3 is 2.60 bits per heavy atom. The molecule has 0 radical (unpaired) electrons. The summed E-state index contributed by atoms with van der Waals surface area (Å²) in [6.45, 7) is 1.91. The zero-order valence-corrected chi connectivity index (χ0v) is 9.04. The van der Waals surface area contributed by atoms with Crippen LogP contribution in [0.1, 0.15) is 36.9 Å². The van der Waals surface area contributed by atoms with Gasteiger partial charge in [0.25, 0.3) is 0 Å². The summed E-state index contributed by atoms with van der Waals surface area (Å²) >= 11 is 0. The summed E-state index contributed by atoms with van der Waals surface area (Å²) < 4.78 is 14.5. The van der Waals surface area contributed by atoms with Crippen molar-refractivity contribution in [2.75, 3.05) is 0 Å². The van der Waals surface area contributed by atoms with Crippen molar-refractivity contribution in [1.82, 2.24) is 4.98 Å². The Kier molecular flexibility index (Phi) is 2.74. The van der Waals surface area contributed by atoms with Crippen LogP contribution in [-0.4, -0.2) is 11.0 Å². The lowest BCUT2D eigenvalue weighted by atomic mass is 9.80. The van der Waals surface area contributed by atoms with Crippen molar-refractivity contribution in [3.63, 3.8) is 0 Å². The van der Waals surface area contributed by atoms with Crippen LogP contribution in [0.15, 0.2) is 18.3 Å². The van der Waals surface area contributed by atoms with Crippen molar-refractivity contribution in [1.29, 1.82) is 0 Å². The number of aromatic nitrogens is 1. The fourth-order valence-electron chi connectivity index (χ4n) is 2.12. The minimum absolute atomic E-state index is 0.173. The van der Waals surface area contributed by atoms with Gasteiger partial charge in [-0.1, -0.05) is 6.07 Å². The Morgan fingerprint density at radius 2 is 2.07 bits per heavy atom. The van der Waals surface area contributed by atoms with Gasteiger partial charge in [0, 0.05) is 23.5 Å². The first-order valence-electron chi connectivity index (χ1n) is 5.48. The topological polar surface area (TPSA) is 38.9 Å². The third-order valence-electron chi connectivity index (χ3n) is 3.25. The molecule has 0 aromatic carbocycles. The molecule has 1 aliphatic carbocycles. The second kappa shape index (κ2) is 3.89. The number of nitrogens with zero attached hydrogens (tertiary/aromatic N) is 1. The van der Waals surface area contributed by atoms with Gasteiger partial charge in [-0.2, -0.15) is 0 Å². The maximum absolute atomic E-state index is 14.5. The van der Waals surface area contributed by atoms with Crippen molar-refractivity contribution in [3.8, 4) is 0 Å². The van der Waals surface area contributed by atoms with E-state index < -0.39 is 5.67 Å². The van der Waals surface area contributed by atoms with Crippen molar-refractivity contribution < 1.29 is 4.39 Å². The van der Waals surface area contributed by atoms with Gasteiger partial charge in [-0.15, -0.1) is 0 Å². The molecule has 3 heteroatoms. The molecule has 0 amide bonds. The Hall–Kier alpha value is -0.960. The van der Waals surface area contributed by atoms with Crippen molar-refractivity contribution in [2.24, 2.45) is 5.73 Å². The van der Waals surface area contributed by atoms with E-state index >= 15 is 0 Å². The van der Waals surface area contributed by atoms with E-state index in [9.17, 15) is 4.39 Å². The van der Waals surface area contributed by atoms with E-state index in [-0.39, 0.29) is 6.04 Å². The normalized spacial score (nSPS) is 31.5. The second-order valence-electron chi connectivity index (χ2n) is 4.49. The third-order valence-corrected chi connectivity index (χ3v) is 3.25. The fraction of sp³-hybridized carbons (Fsp3) is 0.583. The molecule has 1 fully saturated rings. The van der Waals surface area contributed by atoms with E-state index in [0.717, 1.165) is 18.5 Å². The summed E-state index contributed by atoms with van der Waals surface area (Å²) in [4.78, 5) is 4.15. The van der Waals surface area contributed by atoms with Gasteiger partial charge in [-0.05, 0) is 38.7 Å². The molecule has 1 aromatic heterocycles. The Morgan fingerprint density at radius 1 is 1.40 bits per heavy atom. The van der Waals surface area contributed by atoms with Crippen molar-refractivity contribution in [3.05, 3.63) is 29.6 Å². The molecule has 0 atom stereocenters. The number of alkyl halides is 1. The van der Waals surface area contributed by atoms with Crippen LogP contribution in [0.4, 0.5) is 4.39 Å². The van der Waals surface area contributed by atoms with E-state index in [4.69, 9.17) is 5.73 Å². The first-order chi connectivity index (χ1) is 7.10. The molecule has 2 nitrogen and oxygen atoms in total. The molecule has 1 aliphatic rings. The largest absolute Gasteiger partial charge is 0.328 e. The van der Waals surface area contributed by atoms with Crippen LogP contribution in [0, 0.1) is 6.92 Å². The lowest BCUT2D eigenvalue weighted by Gasteiger charge is -2.32. The third kappa shape index (κ3) is 2.17. The molecule has 15 heavy (non-hydrogen) atoms. The highest BCUT2D eigenvalue weighted by Gasteiger charge is 2.36. The first kappa shape index (κ1) is 10.6. The molecule has 1 aromatic rings. The van der Waals surface area contributed by atoms with Crippen LogP contribution in [0.3, 0.4) is 0 Å². The fourth-order valence-corrected chi connectivity index (χ4v) is 2.12. The minimum Gasteiger partial charge on any atom is -0.328 e. The van der Waals surface area contributed by atoms with E-state index in [0.29, 0.717) is 18.4 Å². The lowest BCUT2D eigenvalue weighted by Crippen LogP contribution is -2.34. The Labute approximate surface area is 89.7 Å². The molecule has 0 spiro atoms. The lowest BCUT2D eigenvalue weighted by molar-refractivity contribution is 0.0975. The SMILES string of the molecule is Cc1ccc(C2(F)CCC(N)CC2)cn1. The molecule has 2 N–H and O–H groups in total. The van der Waals surface area contributed by atoms with E-state index in [1.54, 1.807) is 6.20 Å². The number of hydrogen-bond acceptors (Lipinski definition) is 2. The highest BCUT2D eigenvalue weighted by molar-refractivity contribution is 5.21. The van der Waals surface area contributed by atoms with Crippen molar-refractivity contribution >= 4 is 0 Å². The maximum Gasteiger partial charge on any atom is 0.137 e. The average Bonchev–Trinajstić information content (AvgIpc) is 2.24. The van der Waals surface area contributed by atoms with Crippen LogP contribution in [0.5, 0.6) is 0 Å². The molecule has 2 rings (SSSR count). The van der Waals surface area contributed by atoms with E-state index in [1.807, 2.05) is 19.1 Å².